The number of anilines is 1. The number of aromatic nitrogens is 1. The molecular weight excluding hydrogens is 300 g/mol. The minimum absolute atomic E-state index is 0.621. The molecule has 6 nitrogen and oxygen atoms in total. The van der Waals surface area contributed by atoms with Crippen molar-refractivity contribution in [1.82, 2.24) is 20.1 Å². The first kappa shape index (κ1) is 18.5. The Morgan fingerprint density at radius 1 is 1.33 bits per heavy atom. The van der Waals surface area contributed by atoms with Crippen LogP contribution in [0.4, 0.5) is 5.82 Å². The average Bonchev–Trinajstić information content (AvgIpc) is 2.65. The summed E-state index contributed by atoms with van der Waals surface area (Å²) in [5.41, 5.74) is 0. The smallest absolute Gasteiger partial charge is 0.193 e. The molecule has 1 fully saturated rings. The second kappa shape index (κ2) is 9.47. The molecule has 0 amide bonds. The molecule has 1 unspecified atom stereocenters. The summed E-state index contributed by atoms with van der Waals surface area (Å²) in [5, 5.41) is 3.50. The van der Waals surface area contributed by atoms with Gasteiger partial charge in [0, 0.05) is 58.6 Å². The van der Waals surface area contributed by atoms with Gasteiger partial charge >= 0.3 is 0 Å². The molecule has 134 valence electrons. The normalized spacial score (nSPS) is 17.3. The van der Waals surface area contributed by atoms with Crippen molar-refractivity contribution in [2.24, 2.45) is 4.99 Å². The Labute approximate surface area is 146 Å². The van der Waals surface area contributed by atoms with Gasteiger partial charge in [-0.1, -0.05) is 13.0 Å². The molecule has 6 heteroatoms. The van der Waals surface area contributed by atoms with Gasteiger partial charge in [0.1, 0.15) is 5.82 Å². The predicted molar refractivity (Wildman–Crippen MR) is 102 cm³/mol. The topological polar surface area (TPSA) is 47.0 Å². The van der Waals surface area contributed by atoms with Gasteiger partial charge in [-0.05, 0) is 32.5 Å². The van der Waals surface area contributed by atoms with E-state index in [9.17, 15) is 0 Å². The zero-order valence-corrected chi connectivity index (χ0v) is 15.6. The van der Waals surface area contributed by atoms with Crippen LogP contribution in [0.15, 0.2) is 29.4 Å². The fraction of sp³-hybridized carbons (Fsp3) is 0.667. The Hall–Kier alpha value is -1.82. The first-order valence-corrected chi connectivity index (χ1v) is 8.97. The SMILES string of the molecule is CCC(C)N(C)CCNC(=NC)N1CCN(c2ccccn2)CC1. The molecule has 1 aliphatic rings. The first-order chi connectivity index (χ1) is 11.7. The second-order valence-electron chi connectivity index (χ2n) is 6.37. The van der Waals surface area contributed by atoms with E-state index in [0.717, 1.165) is 51.0 Å². The van der Waals surface area contributed by atoms with Crippen molar-refractivity contribution in [2.75, 3.05) is 58.3 Å². The number of aliphatic imine (C=N–C) groups is 1. The summed E-state index contributed by atoms with van der Waals surface area (Å²) in [6.07, 6.45) is 3.04. The van der Waals surface area contributed by atoms with E-state index in [0.29, 0.717) is 6.04 Å². The van der Waals surface area contributed by atoms with Crippen molar-refractivity contribution < 1.29 is 0 Å². The minimum atomic E-state index is 0.621. The predicted octanol–water partition coefficient (Wildman–Crippen LogP) is 1.51. The number of hydrogen-bond acceptors (Lipinski definition) is 4. The molecule has 0 aliphatic carbocycles. The zero-order valence-electron chi connectivity index (χ0n) is 15.6. The number of pyridine rings is 1. The summed E-state index contributed by atoms with van der Waals surface area (Å²) in [6.45, 7) is 10.3. The minimum Gasteiger partial charge on any atom is -0.355 e. The Kier molecular flexibility index (Phi) is 7.31. The summed E-state index contributed by atoms with van der Waals surface area (Å²) < 4.78 is 0. The van der Waals surface area contributed by atoms with Crippen LogP contribution < -0.4 is 10.2 Å². The highest BCUT2D eigenvalue weighted by Crippen LogP contribution is 2.12. The Morgan fingerprint density at radius 2 is 2.08 bits per heavy atom. The lowest BCUT2D eigenvalue weighted by atomic mass is 10.2. The molecule has 2 rings (SSSR count). The number of piperazine rings is 1. The van der Waals surface area contributed by atoms with Gasteiger partial charge in [-0.25, -0.2) is 4.98 Å². The van der Waals surface area contributed by atoms with Crippen molar-refractivity contribution in [3.63, 3.8) is 0 Å². The van der Waals surface area contributed by atoms with Crippen molar-refractivity contribution in [2.45, 2.75) is 26.3 Å². The molecule has 0 spiro atoms. The number of rotatable bonds is 6. The quantitative estimate of drug-likeness (QED) is 0.632. The third-order valence-electron chi connectivity index (χ3n) is 4.86. The van der Waals surface area contributed by atoms with Crippen molar-refractivity contribution in [3.8, 4) is 0 Å². The van der Waals surface area contributed by atoms with Crippen molar-refractivity contribution in [3.05, 3.63) is 24.4 Å². The monoisotopic (exact) mass is 332 g/mol. The van der Waals surface area contributed by atoms with E-state index in [4.69, 9.17) is 0 Å². The summed E-state index contributed by atoms with van der Waals surface area (Å²) in [4.78, 5) is 16.0. The fourth-order valence-electron chi connectivity index (χ4n) is 2.90. The molecule has 0 saturated carbocycles. The highest BCUT2D eigenvalue weighted by molar-refractivity contribution is 5.80. The summed E-state index contributed by atoms with van der Waals surface area (Å²) >= 11 is 0. The molecule has 0 bridgehead atoms. The van der Waals surface area contributed by atoms with Crippen molar-refractivity contribution >= 4 is 11.8 Å². The molecule has 2 heterocycles. The van der Waals surface area contributed by atoms with Crippen LogP contribution >= 0.6 is 0 Å². The second-order valence-corrected chi connectivity index (χ2v) is 6.37. The van der Waals surface area contributed by atoms with Gasteiger partial charge in [-0.2, -0.15) is 0 Å². The van der Waals surface area contributed by atoms with Crippen LogP contribution in [0.25, 0.3) is 0 Å². The van der Waals surface area contributed by atoms with Gasteiger partial charge in [0.05, 0.1) is 0 Å². The third kappa shape index (κ3) is 5.09. The lowest BCUT2D eigenvalue weighted by Gasteiger charge is -2.37. The van der Waals surface area contributed by atoms with E-state index in [-0.39, 0.29) is 0 Å². The van der Waals surface area contributed by atoms with Gasteiger partial charge in [0.2, 0.25) is 0 Å². The van der Waals surface area contributed by atoms with E-state index in [2.05, 4.69) is 57.0 Å². The summed E-state index contributed by atoms with van der Waals surface area (Å²) in [7, 11) is 4.05. The van der Waals surface area contributed by atoms with Crippen molar-refractivity contribution in [1.29, 1.82) is 0 Å². The molecule has 1 N–H and O–H groups in total. The van der Waals surface area contributed by atoms with E-state index in [1.54, 1.807) is 0 Å². The van der Waals surface area contributed by atoms with Crippen LogP contribution in [0, 0.1) is 0 Å². The van der Waals surface area contributed by atoms with Crippen LogP contribution in [0.5, 0.6) is 0 Å². The van der Waals surface area contributed by atoms with Gasteiger partial charge in [-0.15, -0.1) is 0 Å². The highest BCUT2D eigenvalue weighted by Gasteiger charge is 2.20. The highest BCUT2D eigenvalue weighted by atomic mass is 15.4. The first-order valence-electron chi connectivity index (χ1n) is 8.97. The van der Waals surface area contributed by atoms with Gasteiger partial charge < -0.3 is 20.0 Å². The maximum absolute atomic E-state index is 4.45. The molecule has 1 aromatic heterocycles. The van der Waals surface area contributed by atoms with E-state index < -0.39 is 0 Å². The molecule has 1 aliphatic heterocycles. The fourth-order valence-corrected chi connectivity index (χ4v) is 2.90. The number of likely N-dealkylation sites (N-methyl/N-ethyl adjacent to an activating group) is 1. The lowest BCUT2D eigenvalue weighted by Crippen LogP contribution is -2.53. The van der Waals surface area contributed by atoms with Crippen LogP contribution in [0.1, 0.15) is 20.3 Å². The largest absolute Gasteiger partial charge is 0.355 e. The average molecular weight is 332 g/mol. The Bertz CT molecular complexity index is 495. The molecule has 1 saturated heterocycles. The molecule has 1 aromatic rings. The van der Waals surface area contributed by atoms with Crippen LogP contribution in [-0.4, -0.2) is 80.1 Å². The van der Waals surface area contributed by atoms with Gasteiger partial charge in [0.15, 0.2) is 5.96 Å². The lowest BCUT2D eigenvalue weighted by molar-refractivity contribution is 0.254. The van der Waals surface area contributed by atoms with Crippen LogP contribution in [0.2, 0.25) is 0 Å². The molecule has 24 heavy (non-hydrogen) atoms. The van der Waals surface area contributed by atoms with Crippen LogP contribution in [0.3, 0.4) is 0 Å². The van der Waals surface area contributed by atoms with Crippen LogP contribution in [-0.2, 0) is 0 Å². The Balaban J connectivity index is 1.77. The third-order valence-corrected chi connectivity index (χ3v) is 4.86. The number of nitrogens with zero attached hydrogens (tertiary/aromatic N) is 5. The molecule has 0 aromatic carbocycles. The molecule has 1 atom stereocenters. The summed E-state index contributed by atoms with van der Waals surface area (Å²) in [5.74, 6) is 2.07. The number of guanidine groups is 1. The molecular formula is C18H32N6. The van der Waals surface area contributed by atoms with E-state index in [1.807, 2.05) is 25.4 Å². The van der Waals surface area contributed by atoms with Gasteiger partial charge in [-0.3, -0.25) is 4.99 Å². The maximum Gasteiger partial charge on any atom is 0.193 e. The Morgan fingerprint density at radius 3 is 2.67 bits per heavy atom. The standard InChI is InChI=1S/C18H32N6/c1-5-16(2)22(4)11-10-21-18(19-3)24-14-12-23(13-15-24)17-8-6-7-9-20-17/h6-9,16H,5,10-15H2,1-4H3,(H,19,21). The zero-order chi connectivity index (χ0) is 17.4. The van der Waals surface area contributed by atoms with Gasteiger partial charge in [0.25, 0.3) is 0 Å². The maximum atomic E-state index is 4.45. The summed E-state index contributed by atoms with van der Waals surface area (Å²) in [6, 6.07) is 6.70. The number of hydrogen-bond donors (Lipinski definition) is 1. The van der Waals surface area contributed by atoms with E-state index >= 15 is 0 Å². The molecule has 0 radical (unpaired) electrons. The number of nitrogens with one attached hydrogen (secondary N) is 1. The van der Waals surface area contributed by atoms with E-state index in [1.165, 1.54) is 6.42 Å².